The summed E-state index contributed by atoms with van der Waals surface area (Å²) in [6.45, 7) is 1.25. The fourth-order valence-electron chi connectivity index (χ4n) is 1.96. The molecule has 0 saturated carbocycles. The van der Waals surface area contributed by atoms with Gasteiger partial charge in [-0.2, -0.15) is 0 Å². The molecule has 1 aliphatic rings. The molecule has 0 radical (unpaired) electrons. The van der Waals surface area contributed by atoms with E-state index < -0.39 is 5.60 Å². The van der Waals surface area contributed by atoms with Gasteiger partial charge in [0, 0.05) is 29.1 Å². The third-order valence-electron chi connectivity index (χ3n) is 2.95. The molecule has 2 nitrogen and oxygen atoms in total. The van der Waals surface area contributed by atoms with Crippen LogP contribution in [-0.2, 0) is 11.2 Å². The zero-order valence-electron chi connectivity index (χ0n) is 8.88. The Kier molecular flexibility index (Phi) is 3.90. The first-order chi connectivity index (χ1) is 7.59. The van der Waals surface area contributed by atoms with E-state index in [0.717, 1.165) is 10.0 Å². The summed E-state index contributed by atoms with van der Waals surface area (Å²) in [6, 6.07) is 5.72. The summed E-state index contributed by atoms with van der Waals surface area (Å²) in [5.41, 5.74) is 0.323. The van der Waals surface area contributed by atoms with Crippen LogP contribution in [0.2, 0.25) is 5.02 Å². The number of rotatable bonds is 2. The summed E-state index contributed by atoms with van der Waals surface area (Å²) in [5, 5.41) is 11.1. The Balaban J connectivity index is 2.15. The zero-order valence-corrected chi connectivity index (χ0v) is 11.2. The zero-order chi connectivity index (χ0) is 11.6. The van der Waals surface area contributed by atoms with Gasteiger partial charge in [0.25, 0.3) is 0 Å². The van der Waals surface area contributed by atoms with Crippen molar-refractivity contribution in [3.05, 3.63) is 33.3 Å². The van der Waals surface area contributed by atoms with Gasteiger partial charge in [0.1, 0.15) is 0 Å². The van der Waals surface area contributed by atoms with Gasteiger partial charge in [0.15, 0.2) is 0 Å². The molecule has 0 amide bonds. The normalized spacial score (nSPS) is 19.7. The average Bonchev–Trinajstić information content (AvgIpc) is 2.24. The SMILES string of the molecule is OC1(Cc2cc(Br)ccc2Cl)CCOCC1. The standard InChI is InChI=1S/C12H14BrClO2/c13-10-1-2-11(14)9(7-10)8-12(15)3-5-16-6-4-12/h1-2,7,15H,3-6,8H2. The molecule has 16 heavy (non-hydrogen) atoms. The lowest BCUT2D eigenvalue weighted by atomic mass is 9.87. The van der Waals surface area contributed by atoms with Crippen molar-refractivity contribution in [2.45, 2.75) is 24.9 Å². The molecule has 88 valence electrons. The summed E-state index contributed by atoms with van der Waals surface area (Å²) in [6.07, 6.45) is 1.94. The van der Waals surface area contributed by atoms with Gasteiger partial charge >= 0.3 is 0 Å². The van der Waals surface area contributed by atoms with Crippen LogP contribution in [0.15, 0.2) is 22.7 Å². The molecule has 0 aliphatic carbocycles. The number of hydrogen-bond acceptors (Lipinski definition) is 2. The number of hydrogen-bond donors (Lipinski definition) is 1. The van der Waals surface area contributed by atoms with Gasteiger partial charge < -0.3 is 9.84 Å². The molecule has 1 N–H and O–H groups in total. The Hall–Kier alpha value is -0.0900. The molecule has 0 aromatic heterocycles. The second-order valence-corrected chi connectivity index (χ2v) is 5.57. The fourth-order valence-corrected chi connectivity index (χ4v) is 2.55. The van der Waals surface area contributed by atoms with E-state index in [1.807, 2.05) is 18.2 Å². The van der Waals surface area contributed by atoms with Crippen LogP contribution in [0.3, 0.4) is 0 Å². The van der Waals surface area contributed by atoms with Crippen molar-refractivity contribution in [1.82, 2.24) is 0 Å². The van der Waals surface area contributed by atoms with Crippen molar-refractivity contribution in [1.29, 1.82) is 0 Å². The van der Waals surface area contributed by atoms with Gasteiger partial charge in [-0.05, 0) is 36.6 Å². The lowest BCUT2D eigenvalue weighted by Gasteiger charge is -2.32. The Morgan fingerprint density at radius 3 is 2.75 bits per heavy atom. The molecule has 2 rings (SSSR count). The van der Waals surface area contributed by atoms with Crippen LogP contribution < -0.4 is 0 Å². The Labute approximate surface area is 109 Å². The van der Waals surface area contributed by atoms with Gasteiger partial charge in [-0.1, -0.05) is 27.5 Å². The number of benzene rings is 1. The minimum absolute atomic E-state index is 0.592. The molecule has 1 aliphatic heterocycles. The summed E-state index contributed by atoms with van der Waals surface area (Å²) in [4.78, 5) is 0. The summed E-state index contributed by atoms with van der Waals surface area (Å²) >= 11 is 9.53. The van der Waals surface area contributed by atoms with Crippen molar-refractivity contribution >= 4 is 27.5 Å². The van der Waals surface area contributed by atoms with E-state index in [1.54, 1.807) is 0 Å². The largest absolute Gasteiger partial charge is 0.389 e. The highest BCUT2D eigenvalue weighted by molar-refractivity contribution is 9.10. The van der Waals surface area contributed by atoms with Crippen LogP contribution in [0, 0.1) is 0 Å². The van der Waals surface area contributed by atoms with Crippen molar-refractivity contribution in [3.8, 4) is 0 Å². The van der Waals surface area contributed by atoms with Crippen LogP contribution in [0.4, 0.5) is 0 Å². The van der Waals surface area contributed by atoms with E-state index in [1.165, 1.54) is 0 Å². The van der Waals surface area contributed by atoms with Gasteiger partial charge in [-0.3, -0.25) is 0 Å². The smallest absolute Gasteiger partial charge is 0.0732 e. The van der Waals surface area contributed by atoms with E-state index in [-0.39, 0.29) is 0 Å². The first-order valence-electron chi connectivity index (χ1n) is 5.33. The first kappa shape index (κ1) is 12.4. The predicted molar refractivity (Wildman–Crippen MR) is 67.9 cm³/mol. The van der Waals surface area contributed by atoms with Crippen LogP contribution >= 0.6 is 27.5 Å². The number of aliphatic hydroxyl groups is 1. The first-order valence-corrected chi connectivity index (χ1v) is 6.50. The van der Waals surface area contributed by atoms with E-state index >= 15 is 0 Å². The average molecular weight is 306 g/mol. The van der Waals surface area contributed by atoms with Crippen molar-refractivity contribution in [3.63, 3.8) is 0 Å². The molecule has 1 heterocycles. The van der Waals surface area contributed by atoms with Gasteiger partial charge in [0.2, 0.25) is 0 Å². The maximum atomic E-state index is 10.4. The molecule has 0 unspecified atom stereocenters. The van der Waals surface area contributed by atoms with E-state index in [9.17, 15) is 5.11 Å². The Morgan fingerprint density at radius 2 is 2.06 bits per heavy atom. The minimum atomic E-state index is -0.664. The molecule has 0 atom stereocenters. The predicted octanol–water partition coefficient (Wildman–Crippen LogP) is 3.19. The molecule has 1 aromatic rings. The van der Waals surface area contributed by atoms with E-state index in [4.69, 9.17) is 16.3 Å². The van der Waals surface area contributed by atoms with Crippen LogP contribution in [0.5, 0.6) is 0 Å². The second-order valence-electron chi connectivity index (χ2n) is 4.25. The van der Waals surface area contributed by atoms with Crippen molar-refractivity contribution in [2.75, 3.05) is 13.2 Å². The third-order valence-corrected chi connectivity index (χ3v) is 3.81. The fraction of sp³-hybridized carbons (Fsp3) is 0.500. The Bertz CT molecular complexity index is 375. The van der Waals surface area contributed by atoms with E-state index in [0.29, 0.717) is 37.5 Å². The van der Waals surface area contributed by atoms with Crippen molar-refractivity contribution < 1.29 is 9.84 Å². The topological polar surface area (TPSA) is 29.5 Å². The van der Waals surface area contributed by atoms with Crippen LogP contribution in [0.1, 0.15) is 18.4 Å². The maximum Gasteiger partial charge on any atom is 0.0732 e. The van der Waals surface area contributed by atoms with Gasteiger partial charge in [0.05, 0.1) is 5.60 Å². The summed E-state index contributed by atoms with van der Waals surface area (Å²) < 4.78 is 6.24. The molecule has 1 saturated heterocycles. The van der Waals surface area contributed by atoms with Crippen LogP contribution in [-0.4, -0.2) is 23.9 Å². The van der Waals surface area contributed by atoms with Crippen LogP contribution in [0.25, 0.3) is 0 Å². The molecule has 1 fully saturated rings. The molecule has 4 heteroatoms. The molecule has 1 aromatic carbocycles. The quantitative estimate of drug-likeness (QED) is 0.909. The molecular weight excluding hydrogens is 291 g/mol. The van der Waals surface area contributed by atoms with E-state index in [2.05, 4.69) is 15.9 Å². The highest BCUT2D eigenvalue weighted by Gasteiger charge is 2.30. The minimum Gasteiger partial charge on any atom is -0.389 e. The van der Waals surface area contributed by atoms with Gasteiger partial charge in [-0.15, -0.1) is 0 Å². The van der Waals surface area contributed by atoms with Gasteiger partial charge in [-0.25, -0.2) is 0 Å². The number of ether oxygens (including phenoxy) is 1. The second kappa shape index (κ2) is 5.05. The maximum absolute atomic E-state index is 10.4. The molecule has 0 spiro atoms. The summed E-state index contributed by atoms with van der Waals surface area (Å²) in [7, 11) is 0. The number of halogens is 2. The lowest BCUT2D eigenvalue weighted by molar-refractivity contribution is -0.0625. The highest BCUT2D eigenvalue weighted by Crippen LogP contribution is 2.29. The molecule has 0 bridgehead atoms. The summed E-state index contributed by atoms with van der Waals surface area (Å²) in [5.74, 6) is 0. The highest BCUT2D eigenvalue weighted by atomic mass is 79.9. The molecular formula is C12H14BrClO2. The van der Waals surface area contributed by atoms with Crippen molar-refractivity contribution in [2.24, 2.45) is 0 Å². The Morgan fingerprint density at radius 1 is 1.38 bits per heavy atom. The lowest BCUT2D eigenvalue weighted by Crippen LogP contribution is -2.38. The monoisotopic (exact) mass is 304 g/mol. The third kappa shape index (κ3) is 2.98.